The molecule has 0 aliphatic heterocycles. The molecule has 0 aliphatic carbocycles. The highest BCUT2D eigenvalue weighted by molar-refractivity contribution is 9.10. The molecule has 30 heavy (non-hydrogen) atoms. The number of fused-ring (bicyclic) bond motifs is 1. The van der Waals surface area contributed by atoms with Gasteiger partial charge in [0.15, 0.2) is 5.58 Å². The first kappa shape index (κ1) is 18.9. The molecule has 0 unspecified atom stereocenters. The second-order valence-electron chi connectivity index (χ2n) is 6.65. The van der Waals surface area contributed by atoms with E-state index < -0.39 is 0 Å². The molecule has 4 nitrogen and oxygen atoms in total. The van der Waals surface area contributed by atoms with Crippen LogP contribution in [0.1, 0.15) is 5.76 Å². The Balaban J connectivity index is 1.39. The summed E-state index contributed by atoms with van der Waals surface area (Å²) in [4.78, 5) is 9.10. The number of rotatable bonds is 4. The Morgan fingerprint density at radius 2 is 1.73 bits per heavy atom. The summed E-state index contributed by atoms with van der Waals surface area (Å²) in [5.41, 5.74) is 4.07. The smallest absolute Gasteiger partial charge is 0.227 e. The Kier molecular flexibility index (Phi) is 4.99. The number of aromatic nitrogens is 1. The molecule has 5 aromatic rings. The van der Waals surface area contributed by atoms with Crippen LogP contribution in [0.2, 0.25) is 5.02 Å². The SMILES string of the molecule is Clc1cccc(-c2ccc(C=Nc3ccc4oc(-c5ccc(Br)cc5)nc4c3)o2)c1. The third-order valence-electron chi connectivity index (χ3n) is 4.54. The number of halogens is 2. The molecule has 0 bridgehead atoms. The van der Waals surface area contributed by atoms with Gasteiger partial charge in [0.05, 0.1) is 11.9 Å². The van der Waals surface area contributed by atoms with Crippen LogP contribution in [-0.4, -0.2) is 11.2 Å². The lowest BCUT2D eigenvalue weighted by Gasteiger charge is -1.97. The Labute approximate surface area is 186 Å². The Bertz CT molecular complexity index is 1370. The number of benzene rings is 3. The summed E-state index contributed by atoms with van der Waals surface area (Å²) in [5, 5.41) is 0.669. The van der Waals surface area contributed by atoms with Gasteiger partial charge >= 0.3 is 0 Å². The van der Waals surface area contributed by atoms with E-state index in [4.69, 9.17) is 20.4 Å². The van der Waals surface area contributed by atoms with Crippen molar-refractivity contribution in [2.24, 2.45) is 4.99 Å². The van der Waals surface area contributed by atoms with Gasteiger partial charge < -0.3 is 8.83 Å². The fraction of sp³-hybridized carbons (Fsp3) is 0. The molecule has 0 radical (unpaired) electrons. The van der Waals surface area contributed by atoms with Crippen LogP contribution in [-0.2, 0) is 0 Å². The maximum atomic E-state index is 6.05. The standard InChI is InChI=1S/C24H14BrClN2O2/c25-17-6-4-15(5-7-17)24-28-21-13-19(8-10-23(21)30-24)27-14-20-9-11-22(29-20)16-2-1-3-18(26)12-16/h1-14H. The molecular formula is C24H14BrClN2O2. The second kappa shape index (κ2) is 7.94. The van der Waals surface area contributed by atoms with E-state index in [1.54, 1.807) is 6.21 Å². The Morgan fingerprint density at radius 1 is 0.867 bits per heavy atom. The van der Waals surface area contributed by atoms with Gasteiger partial charge in [0, 0.05) is 20.6 Å². The van der Waals surface area contributed by atoms with Crippen LogP contribution in [0.4, 0.5) is 5.69 Å². The van der Waals surface area contributed by atoms with Crippen LogP contribution in [0.5, 0.6) is 0 Å². The fourth-order valence-corrected chi connectivity index (χ4v) is 3.52. The summed E-state index contributed by atoms with van der Waals surface area (Å²) in [7, 11) is 0. The number of oxazole rings is 1. The molecule has 0 atom stereocenters. The van der Waals surface area contributed by atoms with Crippen LogP contribution >= 0.6 is 27.5 Å². The average Bonchev–Trinajstić information content (AvgIpc) is 3.39. The first-order valence-electron chi connectivity index (χ1n) is 9.20. The molecular weight excluding hydrogens is 464 g/mol. The number of furan rings is 1. The first-order valence-corrected chi connectivity index (χ1v) is 10.4. The van der Waals surface area contributed by atoms with Crippen molar-refractivity contribution in [3.05, 3.63) is 94.1 Å². The van der Waals surface area contributed by atoms with Gasteiger partial charge in [-0.25, -0.2) is 4.98 Å². The molecule has 2 heterocycles. The van der Waals surface area contributed by atoms with E-state index >= 15 is 0 Å². The third kappa shape index (κ3) is 3.95. The van der Waals surface area contributed by atoms with E-state index in [0.717, 1.165) is 32.6 Å². The number of hydrogen-bond acceptors (Lipinski definition) is 4. The molecule has 0 amide bonds. The number of hydrogen-bond donors (Lipinski definition) is 0. The van der Waals surface area contributed by atoms with E-state index in [1.807, 2.05) is 78.9 Å². The fourth-order valence-electron chi connectivity index (χ4n) is 3.07. The lowest BCUT2D eigenvalue weighted by molar-refractivity contribution is 0.575. The van der Waals surface area contributed by atoms with Crippen molar-refractivity contribution < 1.29 is 8.83 Å². The first-order chi connectivity index (χ1) is 14.6. The zero-order valence-electron chi connectivity index (χ0n) is 15.5. The highest BCUT2D eigenvalue weighted by Gasteiger charge is 2.09. The molecule has 5 rings (SSSR count). The number of aliphatic imine (C=N–C) groups is 1. The van der Waals surface area contributed by atoms with Crippen LogP contribution in [0.25, 0.3) is 33.9 Å². The molecule has 0 fully saturated rings. The van der Waals surface area contributed by atoms with Gasteiger partial charge in [-0.3, -0.25) is 4.99 Å². The summed E-state index contributed by atoms with van der Waals surface area (Å²) in [6, 6.07) is 24.8. The predicted octanol–water partition coefficient (Wildman–Crippen LogP) is 7.92. The van der Waals surface area contributed by atoms with Crippen molar-refractivity contribution in [1.29, 1.82) is 0 Å². The van der Waals surface area contributed by atoms with Gasteiger partial charge in [-0.15, -0.1) is 0 Å². The van der Waals surface area contributed by atoms with Gasteiger partial charge in [-0.2, -0.15) is 0 Å². The van der Waals surface area contributed by atoms with E-state index in [0.29, 0.717) is 22.3 Å². The summed E-state index contributed by atoms with van der Waals surface area (Å²) in [6.07, 6.45) is 1.69. The third-order valence-corrected chi connectivity index (χ3v) is 5.30. The molecule has 0 aliphatic rings. The highest BCUT2D eigenvalue weighted by atomic mass is 79.9. The van der Waals surface area contributed by atoms with E-state index in [1.165, 1.54) is 0 Å². The summed E-state index contributed by atoms with van der Waals surface area (Å²) in [5.74, 6) is 1.97. The summed E-state index contributed by atoms with van der Waals surface area (Å²) < 4.78 is 12.7. The van der Waals surface area contributed by atoms with Gasteiger partial charge in [0.25, 0.3) is 0 Å². The molecule has 0 N–H and O–H groups in total. The molecule has 146 valence electrons. The number of nitrogens with zero attached hydrogens (tertiary/aromatic N) is 2. The average molecular weight is 478 g/mol. The summed E-state index contributed by atoms with van der Waals surface area (Å²) >= 11 is 9.49. The largest absolute Gasteiger partial charge is 0.455 e. The van der Waals surface area contributed by atoms with Crippen molar-refractivity contribution in [2.75, 3.05) is 0 Å². The minimum Gasteiger partial charge on any atom is -0.455 e. The maximum absolute atomic E-state index is 6.05. The van der Waals surface area contributed by atoms with E-state index in [-0.39, 0.29) is 0 Å². The van der Waals surface area contributed by atoms with Crippen molar-refractivity contribution in [3.8, 4) is 22.8 Å². The zero-order valence-corrected chi connectivity index (χ0v) is 17.9. The maximum Gasteiger partial charge on any atom is 0.227 e. The summed E-state index contributed by atoms with van der Waals surface area (Å²) in [6.45, 7) is 0. The molecule has 0 saturated carbocycles. The van der Waals surface area contributed by atoms with Crippen LogP contribution < -0.4 is 0 Å². The topological polar surface area (TPSA) is 51.5 Å². The van der Waals surface area contributed by atoms with Crippen molar-refractivity contribution in [1.82, 2.24) is 4.98 Å². The normalized spacial score (nSPS) is 11.5. The van der Waals surface area contributed by atoms with Crippen molar-refractivity contribution in [2.45, 2.75) is 0 Å². The highest BCUT2D eigenvalue weighted by Crippen LogP contribution is 2.28. The van der Waals surface area contributed by atoms with Crippen molar-refractivity contribution >= 4 is 50.5 Å². The monoisotopic (exact) mass is 476 g/mol. The minimum atomic E-state index is 0.579. The molecule has 2 aromatic heterocycles. The molecule has 0 saturated heterocycles. The van der Waals surface area contributed by atoms with E-state index in [9.17, 15) is 0 Å². The molecule has 3 aromatic carbocycles. The van der Waals surface area contributed by atoms with Gasteiger partial charge in [-0.05, 0) is 66.7 Å². The lowest BCUT2D eigenvalue weighted by atomic mass is 10.2. The lowest BCUT2D eigenvalue weighted by Crippen LogP contribution is -1.77. The van der Waals surface area contributed by atoms with Gasteiger partial charge in [-0.1, -0.05) is 39.7 Å². The van der Waals surface area contributed by atoms with Gasteiger partial charge in [0.1, 0.15) is 17.0 Å². The second-order valence-corrected chi connectivity index (χ2v) is 8.00. The predicted molar refractivity (Wildman–Crippen MR) is 124 cm³/mol. The molecule has 0 spiro atoms. The van der Waals surface area contributed by atoms with E-state index in [2.05, 4.69) is 25.9 Å². The van der Waals surface area contributed by atoms with Crippen LogP contribution in [0.3, 0.4) is 0 Å². The van der Waals surface area contributed by atoms with Gasteiger partial charge in [0.2, 0.25) is 5.89 Å². The quantitative estimate of drug-likeness (QED) is 0.247. The van der Waals surface area contributed by atoms with Crippen LogP contribution in [0, 0.1) is 0 Å². The minimum absolute atomic E-state index is 0.579. The zero-order chi connectivity index (χ0) is 20.5. The Morgan fingerprint density at radius 3 is 2.57 bits per heavy atom. The molecule has 6 heteroatoms. The Hall–Kier alpha value is -3.15. The van der Waals surface area contributed by atoms with Crippen LogP contribution in [0.15, 0.2) is 97.2 Å². The van der Waals surface area contributed by atoms with Crippen molar-refractivity contribution in [3.63, 3.8) is 0 Å².